The third-order valence-corrected chi connectivity index (χ3v) is 4.86. The zero-order chi connectivity index (χ0) is 18.3. The molecule has 0 saturated carbocycles. The second-order valence-corrected chi connectivity index (χ2v) is 6.71. The van der Waals surface area contributed by atoms with Gasteiger partial charge in [0.05, 0.1) is 19.7 Å². The Bertz CT molecular complexity index is 1110. The maximum absolute atomic E-state index is 5.44. The molecule has 132 valence electrons. The van der Waals surface area contributed by atoms with E-state index in [0.29, 0.717) is 11.5 Å². The van der Waals surface area contributed by atoms with Crippen LogP contribution in [0.4, 0.5) is 0 Å². The number of nitrogens with zero attached hydrogens (tertiary/aromatic N) is 4. The minimum absolute atomic E-state index is 0.640. The molecule has 0 aliphatic carbocycles. The molecule has 0 atom stereocenters. The topological polar surface area (TPSA) is 61.5 Å². The van der Waals surface area contributed by atoms with Crippen LogP contribution in [-0.2, 0) is 6.42 Å². The third-order valence-electron chi connectivity index (χ3n) is 4.33. The average molecular weight is 413 g/mol. The summed E-state index contributed by atoms with van der Waals surface area (Å²) in [5.74, 6) is 2.95. The molecule has 2 aromatic heterocycles. The van der Waals surface area contributed by atoms with Gasteiger partial charge < -0.3 is 9.47 Å². The fraction of sp³-hybridized carbons (Fsp3) is 0.211. The van der Waals surface area contributed by atoms with Gasteiger partial charge >= 0.3 is 0 Å². The summed E-state index contributed by atoms with van der Waals surface area (Å²) in [6, 6.07) is 11.8. The predicted octanol–water partition coefficient (Wildman–Crippen LogP) is 4.29. The van der Waals surface area contributed by atoms with E-state index in [-0.39, 0.29) is 0 Å². The van der Waals surface area contributed by atoms with E-state index in [4.69, 9.17) is 14.5 Å². The first-order valence-electron chi connectivity index (χ1n) is 8.22. The summed E-state index contributed by atoms with van der Waals surface area (Å²) in [5, 5.41) is 9.76. The average Bonchev–Trinajstić information content (AvgIpc) is 3.12. The van der Waals surface area contributed by atoms with Crippen molar-refractivity contribution in [3.63, 3.8) is 0 Å². The zero-order valence-electron chi connectivity index (χ0n) is 14.7. The molecule has 0 N–H and O–H groups in total. The maximum Gasteiger partial charge on any atom is 0.172 e. The quantitative estimate of drug-likeness (QED) is 0.500. The molecule has 0 spiro atoms. The van der Waals surface area contributed by atoms with Crippen LogP contribution in [0.3, 0.4) is 0 Å². The summed E-state index contributed by atoms with van der Waals surface area (Å²) in [4.78, 5) is 4.82. The van der Waals surface area contributed by atoms with Crippen molar-refractivity contribution >= 4 is 32.5 Å². The Balaban J connectivity index is 2.06. The van der Waals surface area contributed by atoms with Crippen LogP contribution in [0, 0.1) is 0 Å². The number of fused-ring (bicyclic) bond motifs is 3. The summed E-state index contributed by atoms with van der Waals surface area (Å²) in [7, 11) is 3.23. The van der Waals surface area contributed by atoms with Crippen molar-refractivity contribution in [2.75, 3.05) is 14.2 Å². The Morgan fingerprint density at radius 1 is 1.00 bits per heavy atom. The summed E-state index contributed by atoms with van der Waals surface area (Å²) in [6.07, 6.45) is 0.752. The highest BCUT2D eigenvalue weighted by Gasteiger charge is 2.17. The van der Waals surface area contributed by atoms with Crippen LogP contribution in [0.15, 0.2) is 40.9 Å². The van der Waals surface area contributed by atoms with Crippen LogP contribution in [0.1, 0.15) is 12.7 Å². The summed E-state index contributed by atoms with van der Waals surface area (Å²) in [6.45, 7) is 2.07. The number of rotatable bonds is 4. The van der Waals surface area contributed by atoms with Crippen molar-refractivity contribution in [3.05, 3.63) is 46.7 Å². The number of aromatic nitrogens is 4. The Labute approximate surface area is 158 Å². The molecular weight excluding hydrogens is 396 g/mol. The molecule has 2 heterocycles. The molecule has 4 aromatic rings. The number of hydrogen-bond donors (Lipinski definition) is 0. The number of aryl methyl sites for hydroxylation is 1. The van der Waals surface area contributed by atoms with Crippen LogP contribution in [0.5, 0.6) is 11.5 Å². The first kappa shape index (κ1) is 16.8. The molecule has 0 unspecified atom stereocenters. The molecule has 0 aliphatic rings. The molecule has 6 nitrogen and oxygen atoms in total. The second-order valence-electron chi connectivity index (χ2n) is 5.80. The Morgan fingerprint density at radius 2 is 1.69 bits per heavy atom. The smallest absolute Gasteiger partial charge is 0.172 e. The van der Waals surface area contributed by atoms with Gasteiger partial charge in [-0.3, -0.25) is 4.40 Å². The van der Waals surface area contributed by atoms with E-state index in [2.05, 4.69) is 33.1 Å². The SMILES string of the molecule is CCc1nc2cc(OC)c(OC)cc2c2nnc(-c3ccc(Br)cc3)n12. The highest BCUT2D eigenvalue weighted by molar-refractivity contribution is 9.10. The number of methoxy groups -OCH3 is 2. The van der Waals surface area contributed by atoms with Gasteiger partial charge in [-0.05, 0) is 18.2 Å². The number of benzene rings is 2. The van der Waals surface area contributed by atoms with E-state index < -0.39 is 0 Å². The van der Waals surface area contributed by atoms with Crippen molar-refractivity contribution in [1.82, 2.24) is 19.6 Å². The van der Waals surface area contributed by atoms with E-state index >= 15 is 0 Å². The van der Waals surface area contributed by atoms with E-state index in [1.165, 1.54) is 0 Å². The molecule has 7 heteroatoms. The molecule has 0 fully saturated rings. The van der Waals surface area contributed by atoms with Gasteiger partial charge in [-0.1, -0.05) is 35.0 Å². The Hall–Kier alpha value is -2.67. The van der Waals surface area contributed by atoms with E-state index in [9.17, 15) is 0 Å². The fourth-order valence-corrected chi connectivity index (χ4v) is 3.32. The highest BCUT2D eigenvalue weighted by Crippen LogP contribution is 2.34. The van der Waals surface area contributed by atoms with Crippen LogP contribution >= 0.6 is 15.9 Å². The van der Waals surface area contributed by atoms with Crippen LogP contribution in [0.25, 0.3) is 27.9 Å². The molecule has 0 radical (unpaired) electrons. The van der Waals surface area contributed by atoms with Crippen LogP contribution in [-0.4, -0.2) is 33.8 Å². The van der Waals surface area contributed by atoms with Crippen molar-refractivity contribution in [3.8, 4) is 22.9 Å². The fourth-order valence-electron chi connectivity index (χ4n) is 3.06. The van der Waals surface area contributed by atoms with E-state index in [1.54, 1.807) is 14.2 Å². The van der Waals surface area contributed by atoms with Crippen molar-refractivity contribution in [1.29, 1.82) is 0 Å². The lowest BCUT2D eigenvalue weighted by Gasteiger charge is -2.12. The molecule has 2 aromatic carbocycles. The lowest BCUT2D eigenvalue weighted by atomic mass is 10.2. The number of ether oxygens (including phenoxy) is 2. The Morgan fingerprint density at radius 3 is 2.35 bits per heavy atom. The monoisotopic (exact) mass is 412 g/mol. The largest absolute Gasteiger partial charge is 0.493 e. The molecule has 0 amide bonds. The van der Waals surface area contributed by atoms with Gasteiger partial charge in [-0.15, -0.1) is 10.2 Å². The normalized spacial score (nSPS) is 11.2. The number of halogens is 1. The van der Waals surface area contributed by atoms with Crippen molar-refractivity contribution in [2.24, 2.45) is 0 Å². The molecule has 0 aliphatic heterocycles. The van der Waals surface area contributed by atoms with E-state index in [0.717, 1.165) is 44.7 Å². The van der Waals surface area contributed by atoms with Crippen molar-refractivity contribution < 1.29 is 9.47 Å². The van der Waals surface area contributed by atoms with Gasteiger partial charge in [-0.2, -0.15) is 0 Å². The number of hydrogen-bond acceptors (Lipinski definition) is 5. The van der Waals surface area contributed by atoms with Gasteiger partial charge in [0, 0.05) is 27.9 Å². The summed E-state index contributed by atoms with van der Waals surface area (Å²) < 4.78 is 13.9. The summed E-state index contributed by atoms with van der Waals surface area (Å²) >= 11 is 3.47. The second kappa shape index (κ2) is 6.57. The van der Waals surface area contributed by atoms with Gasteiger partial charge in [-0.25, -0.2) is 4.98 Å². The van der Waals surface area contributed by atoms with Crippen LogP contribution in [0.2, 0.25) is 0 Å². The molecule has 0 saturated heterocycles. The summed E-state index contributed by atoms with van der Waals surface area (Å²) in [5.41, 5.74) is 2.55. The minimum Gasteiger partial charge on any atom is -0.493 e. The van der Waals surface area contributed by atoms with Gasteiger partial charge in [0.25, 0.3) is 0 Å². The highest BCUT2D eigenvalue weighted by atomic mass is 79.9. The molecule has 4 rings (SSSR count). The lowest BCUT2D eigenvalue weighted by molar-refractivity contribution is 0.356. The van der Waals surface area contributed by atoms with E-state index in [1.807, 2.05) is 40.8 Å². The van der Waals surface area contributed by atoms with Gasteiger partial charge in [0.2, 0.25) is 0 Å². The maximum atomic E-state index is 5.44. The minimum atomic E-state index is 0.640. The van der Waals surface area contributed by atoms with Crippen molar-refractivity contribution in [2.45, 2.75) is 13.3 Å². The van der Waals surface area contributed by atoms with Crippen LogP contribution < -0.4 is 9.47 Å². The first-order chi connectivity index (χ1) is 12.7. The lowest BCUT2D eigenvalue weighted by Crippen LogP contribution is -2.03. The standard InChI is InChI=1S/C19H17BrN4O2/c1-4-17-21-14-10-16(26-3)15(25-2)9-13(14)19-23-22-18(24(17)19)11-5-7-12(20)8-6-11/h5-10H,4H2,1-3H3. The Kier molecular flexibility index (Phi) is 4.24. The molecular formula is C19H17BrN4O2. The molecule has 26 heavy (non-hydrogen) atoms. The first-order valence-corrected chi connectivity index (χ1v) is 9.01. The van der Waals surface area contributed by atoms with Gasteiger partial charge in [0.1, 0.15) is 5.82 Å². The third kappa shape index (κ3) is 2.59. The zero-order valence-corrected chi connectivity index (χ0v) is 16.2. The predicted molar refractivity (Wildman–Crippen MR) is 104 cm³/mol. The van der Waals surface area contributed by atoms with Gasteiger partial charge in [0.15, 0.2) is 23.0 Å². The molecule has 0 bridgehead atoms.